The minimum Gasteiger partial charge on any atom is -0.496 e. The predicted molar refractivity (Wildman–Crippen MR) is 116 cm³/mol. The number of amides is 1. The van der Waals surface area contributed by atoms with E-state index in [-0.39, 0.29) is 17.6 Å². The molecule has 0 bridgehead atoms. The van der Waals surface area contributed by atoms with Gasteiger partial charge in [0, 0.05) is 30.1 Å². The molecule has 3 rings (SSSR count). The predicted octanol–water partition coefficient (Wildman–Crippen LogP) is 4.94. The van der Waals surface area contributed by atoms with Gasteiger partial charge in [0.05, 0.1) is 7.11 Å². The first kappa shape index (κ1) is 21.1. The van der Waals surface area contributed by atoms with Gasteiger partial charge in [0.25, 0.3) is 5.91 Å². The van der Waals surface area contributed by atoms with E-state index in [2.05, 4.69) is 26.0 Å². The van der Waals surface area contributed by atoms with Crippen LogP contribution in [0.4, 0.5) is 0 Å². The molecule has 2 aromatic carbocycles. The van der Waals surface area contributed by atoms with Crippen LogP contribution in [0.2, 0.25) is 0 Å². The van der Waals surface area contributed by atoms with Crippen LogP contribution in [0.3, 0.4) is 0 Å². The maximum atomic E-state index is 12.9. The van der Waals surface area contributed by atoms with Crippen molar-refractivity contribution in [2.45, 2.75) is 40.0 Å². The number of benzene rings is 2. The number of hydrogen-bond donors (Lipinski definition) is 0. The molecule has 0 atom stereocenters. The van der Waals surface area contributed by atoms with Crippen LogP contribution in [-0.4, -0.2) is 36.8 Å². The third-order valence-electron chi connectivity index (χ3n) is 5.69. The normalized spacial score (nSPS) is 14.9. The summed E-state index contributed by atoms with van der Waals surface area (Å²) in [5.41, 5.74) is 3.70. The highest BCUT2D eigenvalue weighted by Crippen LogP contribution is 2.25. The fraction of sp³-hybridized carbons (Fsp3) is 0.440. The first-order valence-electron chi connectivity index (χ1n) is 10.5. The molecule has 1 saturated heterocycles. The zero-order chi connectivity index (χ0) is 21.0. The Morgan fingerprint density at radius 1 is 1.03 bits per heavy atom. The zero-order valence-electron chi connectivity index (χ0n) is 17.9. The summed E-state index contributed by atoms with van der Waals surface area (Å²) >= 11 is 0. The molecular weight excluding hydrogens is 362 g/mol. The van der Waals surface area contributed by atoms with Crippen molar-refractivity contribution in [3.8, 4) is 5.75 Å². The van der Waals surface area contributed by atoms with Crippen LogP contribution in [0.25, 0.3) is 0 Å². The molecule has 0 N–H and O–H groups in total. The number of carbonyl (C=O) groups excluding carboxylic acids is 2. The van der Waals surface area contributed by atoms with Crippen LogP contribution < -0.4 is 4.74 Å². The van der Waals surface area contributed by atoms with Crippen molar-refractivity contribution in [3.05, 3.63) is 64.7 Å². The molecule has 1 fully saturated rings. The molecule has 0 saturated carbocycles. The van der Waals surface area contributed by atoms with Crippen LogP contribution >= 0.6 is 0 Å². The van der Waals surface area contributed by atoms with Crippen molar-refractivity contribution >= 4 is 11.7 Å². The number of ketones is 1. The number of methoxy groups -OCH3 is 1. The molecule has 0 spiro atoms. The van der Waals surface area contributed by atoms with Crippen LogP contribution in [-0.2, 0) is 6.42 Å². The molecule has 1 aliphatic rings. The second kappa shape index (κ2) is 9.25. The molecule has 29 heavy (non-hydrogen) atoms. The first-order chi connectivity index (χ1) is 13.9. The smallest absolute Gasteiger partial charge is 0.253 e. The summed E-state index contributed by atoms with van der Waals surface area (Å²) in [6, 6.07) is 13.6. The molecule has 1 heterocycles. The van der Waals surface area contributed by atoms with E-state index in [0.29, 0.717) is 37.4 Å². The summed E-state index contributed by atoms with van der Waals surface area (Å²) in [6.07, 6.45) is 2.45. The van der Waals surface area contributed by atoms with Gasteiger partial charge >= 0.3 is 0 Å². The summed E-state index contributed by atoms with van der Waals surface area (Å²) in [4.78, 5) is 27.6. The number of hydrogen-bond acceptors (Lipinski definition) is 3. The number of ether oxygens (including phenoxy) is 1. The van der Waals surface area contributed by atoms with Gasteiger partial charge in [-0.15, -0.1) is 0 Å². The van der Waals surface area contributed by atoms with Gasteiger partial charge in [0.15, 0.2) is 5.78 Å². The number of nitrogens with zero attached hydrogens (tertiary/aromatic N) is 1. The number of rotatable bonds is 6. The Hall–Kier alpha value is -2.62. The van der Waals surface area contributed by atoms with Gasteiger partial charge in [0.2, 0.25) is 0 Å². The van der Waals surface area contributed by atoms with Gasteiger partial charge in [-0.1, -0.05) is 44.2 Å². The van der Waals surface area contributed by atoms with Gasteiger partial charge in [-0.2, -0.15) is 0 Å². The molecule has 4 nitrogen and oxygen atoms in total. The maximum Gasteiger partial charge on any atom is 0.253 e. The zero-order valence-corrected chi connectivity index (χ0v) is 17.9. The van der Waals surface area contributed by atoms with Gasteiger partial charge in [0.1, 0.15) is 5.75 Å². The Labute approximate surface area is 173 Å². The summed E-state index contributed by atoms with van der Waals surface area (Å²) in [5.74, 6) is 1.52. The van der Waals surface area contributed by atoms with E-state index in [0.717, 1.165) is 23.3 Å². The highest BCUT2D eigenvalue weighted by Gasteiger charge is 2.28. The Bertz CT molecular complexity index is 862. The third kappa shape index (κ3) is 5.06. The van der Waals surface area contributed by atoms with E-state index in [9.17, 15) is 9.59 Å². The van der Waals surface area contributed by atoms with Gasteiger partial charge in [-0.25, -0.2) is 0 Å². The molecule has 1 amide bonds. The molecule has 4 heteroatoms. The average molecular weight is 394 g/mol. The second-order valence-electron chi connectivity index (χ2n) is 8.41. The summed E-state index contributed by atoms with van der Waals surface area (Å²) in [6.45, 7) is 7.56. The lowest BCUT2D eigenvalue weighted by atomic mass is 9.88. The summed E-state index contributed by atoms with van der Waals surface area (Å²) < 4.78 is 5.33. The van der Waals surface area contributed by atoms with E-state index < -0.39 is 0 Å². The van der Waals surface area contributed by atoms with E-state index in [4.69, 9.17) is 4.74 Å². The fourth-order valence-corrected chi connectivity index (χ4v) is 3.99. The number of likely N-dealkylation sites (tertiary alicyclic amines) is 1. The van der Waals surface area contributed by atoms with Crippen molar-refractivity contribution in [1.29, 1.82) is 0 Å². The SMILES string of the molecule is COc1cc(C(=O)N2CCC(C(=O)c3ccc(CC(C)C)cc3)CC2)ccc1C. The lowest BCUT2D eigenvalue weighted by molar-refractivity contribution is 0.0650. The monoisotopic (exact) mass is 393 g/mol. The number of Topliss-reactive ketones (excluding diaryl/α,β-unsaturated/α-hetero) is 1. The van der Waals surface area contributed by atoms with Crippen molar-refractivity contribution in [3.63, 3.8) is 0 Å². The molecule has 1 aliphatic heterocycles. The minimum atomic E-state index is -0.0115. The highest BCUT2D eigenvalue weighted by molar-refractivity contribution is 5.98. The Morgan fingerprint density at radius 3 is 2.24 bits per heavy atom. The second-order valence-corrected chi connectivity index (χ2v) is 8.41. The Kier molecular flexibility index (Phi) is 6.73. The van der Waals surface area contributed by atoms with Crippen LogP contribution in [0.5, 0.6) is 5.75 Å². The summed E-state index contributed by atoms with van der Waals surface area (Å²) in [5, 5.41) is 0. The van der Waals surface area contributed by atoms with Crippen LogP contribution in [0.1, 0.15) is 58.5 Å². The minimum absolute atomic E-state index is 0.00670. The highest BCUT2D eigenvalue weighted by atomic mass is 16.5. The van der Waals surface area contributed by atoms with Gasteiger partial charge in [-0.05, 0) is 55.4 Å². The molecule has 0 unspecified atom stereocenters. The quantitative estimate of drug-likeness (QED) is 0.653. The molecule has 0 radical (unpaired) electrons. The van der Waals surface area contributed by atoms with Gasteiger partial charge < -0.3 is 9.64 Å². The van der Waals surface area contributed by atoms with Crippen LogP contribution in [0.15, 0.2) is 42.5 Å². The third-order valence-corrected chi connectivity index (χ3v) is 5.69. The summed E-state index contributed by atoms with van der Waals surface area (Å²) in [7, 11) is 1.61. The largest absolute Gasteiger partial charge is 0.496 e. The van der Waals surface area contributed by atoms with E-state index in [1.54, 1.807) is 13.2 Å². The van der Waals surface area contributed by atoms with Crippen LogP contribution in [0, 0.1) is 18.8 Å². The van der Waals surface area contributed by atoms with E-state index in [1.165, 1.54) is 5.56 Å². The molecule has 0 aromatic heterocycles. The van der Waals surface area contributed by atoms with E-state index >= 15 is 0 Å². The maximum absolute atomic E-state index is 12.9. The molecule has 154 valence electrons. The van der Waals surface area contributed by atoms with E-state index in [1.807, 2.05) is 36.1 Å². The lowest BCUT2D eigenvalue weighted by Crippen LogP contribution is -2.40. The average Bonchev–Trinajstić information content (AvgIpc) is 2.73. The van der Waals surface area contributed by atoms with Crippen molar-refractivity contribution < 1.29 is 14.3 Å². The topological polar surface area (TPSA) is 46.6 Å². The Balaban J connectivity index is 1.59. The molecule has 2 aromatic rings. The van der Waals surface area contributed by atoms with Gasteiger partial charge in [-0.3, -0.25) is 9.59 Å². The number of aryl methyl sites for hydroxylation is 1. The van der Waals surface area contributed by atoms with Crippen molar-refractivity contribution in [1.82, 2.24) is 4.90 Å². The Morgan fingerprint density at radius 2 is 1.66 bits per heavy atom. The fourth-order valence-electron chi connectivity index (χ4n) is 3.99. The lowest BCUT2D eigenvalue weighted by Gasteiger charge is -2.31. The molecular formula is C25H31NO3. The first-order valence-corrected chi connectivity index (χ1v) is 10.5. The number of piperidine rings is 1. The molecule has 0 aliphatic carbocycles. The van der Waals surface area contributed by atoms with Crippen molar-refractivity contribution in [2.75, 3.05) is 20.2 Å². The number of carbonyl (C=O) groups is 2. The standard InChI is InChI=1S/C25H31NO3/c1-17(2)15-19-6-9-20(10-7-19)24(27)21-11-13-26(14-12-21)25(28)22-8-5-18(3)23(16-22)29-4/h5-10,16-17,21H,11-15H2,1-4H3. The van der Waals surface area contributed by atoms with Crippen molar-refractivity contribution in [2.24, 2.45) is 11.8 Å².